The molecule has 0 spiro atoms. The number of ether oxygens (including phenoxy) is 1. The Balaban J connectivity index is 1.24. The Morgan fingerprint density at radius 1 is 1.16 bits per heavy atom. The molecule has 6 nitrogen and oxygen atoms in total. The summed E-state index contributed by atoms with van der Waals surface area (Å²) in [6.45, 7) is 4.11. The normalized spacial score (nSPS) is 20.1. The van der Waals surface area contributed by atoms with E-state index >= 15 is 0 Å². The lowest BCUT2D eigenvalue weighted by Gasteiger charge is -2.34. The van der Waals surface area contributed by atoms with Crippen LogP contribution in [0.3, 0.4) is 0 Å². The van der Waals surface area contributed by atoms with Gasteiger partial charge in [-0.3, -0.25) is 14.5 Å². The van der Waals surface area contributed by atoms with E-state index < -0.39 is 0 Å². The predicted molar refractivity (Wildman–Crippen MR) is 93.5 cm³/mol. The van der Waals surface area contributed by atoms with Gasteiger partial charge < -0.3 is 15.0 Å². The number of rotatable bonds is 5. The molecule has 2 fully saturated rings. The van der Waals surface area contributed by atoms with E-state index in [9.17, 15) is 9.59 Å². The summed E-state index contributed by atoms with van der Waals surface area (Å²) in [5.74, 6) is 1.23. The van der Waals surface area contributed by atoms with Crippen LogP contribution in [0.2, 0.25) is 0 Å². The third-order valence-corrected chi connectivity index (χ3v) is 5.14. The summed E-state index contributed by atoms with van der Waals surface area (Å²) in [5, 5.41) is 3.02. The number of piperazine rings is 1. The Morgan fingerprint density at radius 3 is 2.72 bits per heavy atom. The van der Waals surface area contributed by atoms with Gasteiger partial charge >= 0.3 is 0 Å². The van der Waals surface area contributed by atoms with E-state index in [1.165, 1.54) is 5.56 Å². The SMILES string of the molecule is O=C(CN1CCN(C(=O)Cc2ccc3c(c2)CCO3)CC1)NC1CC1. The average molecular weight is 343 g/mol. The molecule has 1 saturated carbocycles. The molecule has 0 radical (unpaired) electrons. The molecule has 0 atom stereocenters. The molecule has 2 heterocycles. The van der Waals surface area contributed by atoms with Crippen LogP contribution in [0.1, 0.15) is 24.0 Å². The van der Waals surface area contributed by atoms with Crippen molar-refractivity contribution in [2.75, 3.05) is 39.3 Å². The van der Waals surface area contributed by atoms with Crippen LogP contribution >= 0.6 is 0 Å². The molecular formula is C19H25N3O3. The summed E-state index contributed by atoms with van der Waals surface area (Å²) in [4.78, 5) is 28.5. The van der Waals surface area contributed by atoms with Gasteiger partial charge in [-0.05, 0) is 30.0 Å². The van der Waals surface area contributed by atoms with Crippen molar-refractivity contribution in [2.24, 2.45) is 0 Å². The number of nitrogens with zero attached hydrogens (tertiary/aromatic N) is 2. The van der Waals surface area contributed by atoms with Crippen LogP contribution in [0.4, 0.5) is 0 Å². The first-order valence-electron chi connectivity index (χ1n) is 9.21. The first-order valence-corrected chi connectivity index (χ1v) is 9.21. The van der Waals surface area contributed by atoms with Crippen LogP contribution in [0.5, 0.6) is 5.75 Å². The highest BCUT2D eigenvalue weighted by atomic mass is 16.5. The number of hydrogen-bond donors (Lipinski definition) is 1. The second kappa shape index (κ2) is 7.04. The fraction of sp³-hybridized carbons (Fsp3) is 0.579. The molecule has 0 aromatic heterocycles. The Morgan fingerprint density at radius 2 is 1.96 bits per heavy atom. The quantitative estimate of drug-likeness (QED) is 0.850. The highest BCUT2D eigenvalue weighted by Crippen LogP contribution is 2.26. The van der Waals surface area contributed by atoms with Crippen molar-refractivity contribution < 1.29 is 14.3 Å². The zero-order valence-electron chi connectivity index (χ0n) is 14.5. The highest BCUT2D eigenvalue weighted by Gasteiger charge is 2.26. The van der Waals surface area contributed by atoms with Crippen molar-refractivity contribution in [3.8, 4) is 5.75 Å². The molecule has 134 valence electrons. The molecular weight excluding hydrogens is 318 g/mol. The van der Waals surface area contributed by atoms with Gasteiger partial charge in [-0.25, -0.2) is 0 Å². The zero-order chi connectivity index (χ0) is 17.2. The van der Waals surface area contributed by atoms with Crippen LogP contribution in [-0.4, -0.2) is 67.0 Å². The lowest BCUT2D eigenvalue weighted by atomic mass is 10.1. The lowest BCUT2D eigenvalue weighted by Crippen LogP contribution is -2.51. The summed E-state index contributed by atoms with van der Waals surface area (Å²) in [6, 6.07) is 6.47. The van der Waals surface area contributed by atoms with Gasteiger partial charge in [0, 0.05) is 38.6 Å². The number of amides is 2. The second-order valence-electron chi connectivity index (χ2n) is 7.22. The van der Waals surface area contributed by atoms with Crippen molar-refractivity contribution in [3.05, 3.63) is 29.3 Å². The topological polar surface area (TPSA) is 61.9 Å². The number of benzene rings is 1. The minimum Gasteiger partial charge on any atom is -0.493 e. The summed E-state index contributed by atoms with van der Waals surface area (Å²) in [7, 11) is 0. The molecule has 1 aromatic carbocycles. The van der Waals surface area contributed by atoms with E-state index in [4.69, 9.17) is 4.74 Å². The molecule has 4 rings (SSSR count). The van der Waals surface area contributed by atoms with E-state index in [-0.39, 0.29) is 11.8 Å². The molecule has 0 bridgehead atoms. The average Bonchev–Trinajstić information content (AvgIpc) is 3.29. The van der Waals surface area contributed by atoms with Crippen molar-refractivity contribution in [3.63, 3.8) is 0 Å². The van der Waals surface area contributed by atoms with Gasteiger partial charge in [-0.2, -0.15) is 0 Å². The summed E-state index contributed by atoms with van der Waals surface area (Å²) in [6.07, 6.45) is 3.60. The van der Waals surface area contributed by atoms with E-state index in [2.05, 4.69) is 16.3 Å². The standard InChI is InChI=1S/C19H25N3O3/c23-18(20-16-2-3-16)13-21-6-8-22(9-7-21)19(24)12-14-1-4-17-15(11-14)5-10-25-17/h1,4,11,16H,2-3,5-10,12-13H2,(H,20,23). The maximum Gasteiger partial charge on any atom is 0.234 e. The molecule has 25 heavy (non-hydrogen) atoms. The van der Waals surface area contributed by atoms with Crippen LogP contribution in [0.25, 0.3) is 0 Å². The van der Waals surface area contributed by atoms with Gasteiger partial charge in [0.2, 0.25) is 11.8 Å². The molecule has 2 aliphatic heterocycles. The smallest absolute Gasteiger partial charge is 0.234 e. The Bertz CT molecular complexity index is 664. The van der Waals surface area contributed by atoms with E-state index in [1.54, 1.807) is 0 Å². The second-order valence-corrected chi connectivity index (χ2v) is 7.22. The van der Waals surface area contributed by atoms with Gasteiger partial charge in [-0.15, -0.1) is 0 Å². The number of nitrogens with one attached hydrogen (secondary N) is 1. The minimum absolute atomic E-state index is 0.114. The first-order chi connectivity index (χ1) is 12.2. The van der Waals surface area contributed by atoms with Crippen molar-refractivity contribution >= 4 is 11.8 Å². The molecule has 1 saturated heterocycles. The fourth-order valence-corrected chi connectivity index (χ4v) is 3.50. The number of carbonyl (C=O) groups excluding carboxylic acids is 2. The molecule has 2 amide bonds. The first kappa shape index (κ1) is 16.4. The molecule has 6 heteroatoms. The van der Waals surface area contributed by atoms with Crippen LogP contribution in [0, 0.1) is 0 Å². The number of carbonyl (C=O) groups is 2. The highest BCUT2D eigenvalue weighted by molar-refractivity contribution is 5.80. The van der Waals surface area contributed by atoms with Gasteiger partial charge in [0.05, 0.1) is 19.6 Å². The maximum absolute atomic E-state index is 12.5. The Hall–Kier alpha value is -2.08. The molecule has 0 unspecified atom stereocenters. The van der Waals surface area contributed by atoms with Gasteiger partial charge in [0.25, 0.3) is 0 Å². The third-order valence-electron chi connectivity index (χ3n) is 5.14. The summed E-state index contributed by atoms with van der Waals surface area (Å²) < 4.78 is 5.51. The van der Waals surface area contributed by atoms with E-state index in [1.807, 2.05) is 17.0 Å². The summed E-state index contributed by atoms with van der Waals surface area (Å²) in [5.41, 5.74) is 2.26. The van der Waals surface area contributed by atoms with E-state index in [0.717, 1.165) is 50.3 Å². The molecule has 3 aliphatic rings. The van der Waals surface area contributed by atoms with Crippen molar-refractivity contribution in [2.45, 2.75) is 31.7 Å². The van der Waals surface area contributed by atoms with Crippen molar-refractivity contribution in [1.82, 2.24) is 15.1 Å². The zero-order valence-corrected chi connectivity index (χ0v) is 14.5. The molecule has 1 aromatic rings. The third kappa shape index (κ3) is 4.12. The van der Waals surface area contributed by atoms with Crippen LogP contribution < -0.4 is 10.1 Å². The van der Waals surface area contributed by atoms with Crippen LogP contribution in [-0.2, 0) is 22.4 Å². The van der Waals surface area contributed by atoms with Crippen LogP contribution in [0.15, 0.2) is 18.2 Å². The van der Waals surface area contributed by atoms with Gasteiger partial charge in [0.15, 0.2) is 0 Å². The lowest BCUT2D eigenvalue weighted by molar-refractivity contribution is -0.132. The molecule has 1 N–H and O–H groups in total. The molecule has 1 aliphatic carbocycles. The minimum atomic E-state index is 0.114. The van der Waals surface area contributed by atoms with Gasteiger partial charge in [0.1, 0.15) is 5.75 Å². The van der Waals surface area contributed by atoms with E-state index in [0.29, 0.717) is 32.1 Å². The summed E-state index contributed by atoms with van der Waals surface area (Å²) >= 11 is 0. The Kier molecular flexibility index (Phi) is 4.61. The monoisotopic (exact) mass is 343 g/mol. The number of hydrogen-bond acceptors (Lipinski definition) is 4. The van der Waals surface area contributed by atoms with Crippen molar-refractivity contribution in [1.29, 1.82) is 0 Å². The maximum atomic E-state index is 12.5. The van der Waals surface area contributed by atoms with Gasteiger partial charge in [-0.1, -0.05) is 12.1 Å². The largest absolute Gasteiger partial charge is 0.493 e. The predicted octanol–water partition coefficient (Wildman–Crippen LogP) is 0.587. The fourth-order valence-electron chi connectivity index (χ4n) is 3.50. The number of fused-ring (bicyclic) bond motifs is 1. The Labute approximate surface area is 148 Å².